The van der Waals surface area contributed by atoms with Crippen LogP contribution in [0.1, 0.15) is 36.1 Å². The van der Waals surface area contributed by atoms with Gasteiger partial charge >= 0.3 is 0 Å². The van der Waals surface area contributed by atoms with E-state index in [4.69, 9.17) is 24.5 Å². The highest BCUT2D eigenvalue weighted by Gasteiger charge is 2.45. The molecule has 0 spiro atoms. The lowest BCUT2D eigenvalue weighted by Gasteiger charge is -2.28. The molecule has 204 valence electrons. The zero-order chi connectivity index (χ0) is 29.0. The van der Waals surface area contributed by atoms with Crippen LogP contribution in [-0.2, 0) is 15.8 Å². The lowest BCUT2D eigenvalue weighted by Crippen LogP contribution is -2.32. The number of hydrogen-bond donors (Lipinski definition) is 1. The summed E-state index contributed by atoms with van der Waals surface area (Å²) in [5, 5.41) is 20.6. The van der Waals surface area contributed by atoms with E-state index in [2.05, 4.69) is 118 Å². The van der Waals surface area contributed by atoms with Gasteiger partial charge in [0, 0.05) is 12.9 Å². The van der Waals surface area contributed by atoms with Crippen LogP contribution in [0, 0.1) is 20.8 Å². The number of carbonyl (C=O) groups excluding carboxylic acids is 1. The molecule has 0 aliphatic carbocycles. The van der Waals surface area contributed by atoms with E-state index in [0.29, 0.717) is 0 Å². The fourth-order valence-electron chi connectivity index (χ4n) is 4.12. The van der Waals surface area contributed by atoms with Crippen LogP contribution in [-0.4, -0.2) is 24.2 Å². The minimum atomic E-state index is -1.90. The summed E-state index contributed by atoms with van der Waals surface area (Å²) < 4.78 is 5.40. The average molecular weight is 545 g/mol. The highest BCUT2D eigenvalue weighted by atomic mass is 31.2. The van der Waals surface area contributed by atoms with E-state index in [1.807, 2.05) is 0 Å². The van der Waals surface area contributed by atoms with Crippen molar-refractivity contribution in [2.24, 2.45) is 0 Å². The molecule has 0 saturated carbocycles. The van der Waals surface area contributed by atoms with Gasteiger partial charge in [-0.05, 0) is 81.8 Å². The molecule has 0 aliphatic rings. The summed E-state index contributed by atoms with van der Waals surface area (Å²) in [5.41, 5.74) is 5.20. The Morgan fingerprint density at radius 3 is 1.21 bits per heavy atom. The summed E-state index contributed by atoms with van der Waals surface area (Å²) >= 11 is 0. The molecular formula is C33H37O5P. The molecule has 0 aliphatic heterocycles. The number of ether oxygens (including phenoxy) is 1. The second kappa shape index (κ2) is 14.8. The van der Waals surface area contributed by atoms with Crippen molar-refractivity contribution in [2.75, 3.05) is 7.11 Å². The summed E-state index contributed by atoms with van der Waals surface area (Å²) in [6.07, 6.45) is 0.978. The fraction of sp³-hybridized carbons (Fsp3) is 0.212. The van der Waals surface area contributed by atoms with E-state index in [0.717, 1.165) is 25.8 Å². The Kier molecular flexibility index (Phi) is 11.9. The molecule has 0 unspecified atom stereocenters. The molecule has 0 bridgehead atoms. The lowest BCUT2D eigenvalue weighted by atomic mass is 10.2. The first kappa shape index (κ1) is 31.3. The van der Waals surface area contributed by atoms with Crippen molar-refractivity contribution in [1.82, 2.24) is 0 Å². The number of carbonyl (C=O) groups is 2. The van der Waals surface area contributed by atoms with Crippen molar-refractivity contribution < 1.29 is 24.5 Å². The number of carboxylic acids is 2. The first-order valence-electron chi connectivity index (χ1n) is 12.6. The number of methoxy groups -OCH3 is 1. The molecule has 4 aromatic carbocycles. The van der Waals surface area contributed by atoms with Gasteiger partial charge in [0.2, 0.25) is 0 Å². The van der Waals surface area contributed by atoms with Crippen molar-refractivity contribution in [2.45, 2.75) is 40.8 Å². The van der Waals surface area contributed by atoms with Crippen molar-refractivity contribution >= 4 is 35.1 Å². The molecule has 4 rings (SSSR count). The summed E-state index contributed by atoms with van der Waals surface area (Å²) in [6, 6.07) is 36.1. The second-order valence-electron chi connectivity index (χ2n) is 9.33. The Hall–Kier alpha value is -3.95. The SMILES string of the molecule is CC(=O)O.CC(=O)[O-].COc1ccc(C[P+](c2ccc(C)cc2)(c2ccc(C)cc2)c2ccc(C)cc2)cc1. The van der Waals surface area contributed by atoms with Crippen LogP contribution >= 0.6 is 7.26 Å². The maximum Gasteiger partial charge on any atom is 0.300 e. The zero-order valence-corrected chi connectivity index (χ0v) is 24.4. The molecule has 0 heterocycles. The third-order valence-corrected chi connectivity index (χ3v) is 10.4. The van der Waals surface area contributed by atoms with E-state index in [9.17, 15) is 0 Å². The molecular weight excluding hydrogens is 507 g/mol. The molecule has 0 aromatic heterocycles. The first-order chi connectivity index (χ1) is 18.5. The molecule has 0 radical (unpaired) electrons. The molecule has 39 heavy (non-hydrogen) atoms. The Balaban J connectivity index is 0.000000590. The van der Waals surface area contributed by atoms with Crippen LogP contribution in [0.15, 0.2) is 97.1 Å². The molecule has 6 heteroatoms. The van der Waals surface area contributed by atoms with Crippen molar-refractivity contribution in [3.63, 3.8) is 0 Å². The van der Waals surface area contributed by atoms with Gasteiger partial charge in [-0.15, -0.1) is 0 Å². The van der Waals surface area contributed by atoms with Gasteiger partial charge in [-0.25, -0.2) is 0 Å². The molecule has 0 amide bonds. The second-order valence-corrected chi connectivity index (χ2v) is 12.8. The van der Waals surface area contributed by atoms with Crippen molar-refractivity contribution in [3.05, 3.63) is 119 Å². The van der Waals surface area contributed by atoms with Gasteiger partial charge < -0.3 is 19.7 Å². The first-order valence-corrected chi connectivity index (χ1v) is 14.5. The van der Waals surface area contributed by atoms with E-state index >= 15 is 0 Å². The Morgan fingerprint density at radius 2 is 0.949 bits per heavy atom. The zero-order valence-electron chi connectivity index (χ0n) is 23.5. The Labute approximate surface area is 232 Å². The predicted octanol–water partition coefficient (Wildman–Crippen LogP) is 4.96. The molecule has 0 fully saturated rings. The normalized spacial score (nSPS) is 10.3. The minimum absolute atomic E-state index is 0.833. The van der Waals surface area contributed by atoms with E-state index in [1.54, 1.807) is 7.11 Å². The largest absolute Gasteiger partial charge is 0.550 e. The quantitative estimate of drug-likeness (QED) is 0.347. The topological polar surface area (TPSA) is 86.7 Å². The van der Waals surface area contributed by atoms with Crippen LogP contribution in [0.2, 0.25) is 0 Å². The molecule has 0 atom stereocenters. The van der Waals surface area contributed by atoms with E-state index in [-0.39, 0.29) is 0 Å². The summed E-state index contributed by atoms with van der Waals surface area (Å²) in [5.74, 6) is -1.02. The number of aliphatic carboxylic acids is 2. The number of carboxylic acid groups (broad SMARTS) is 2. The fourth-order valence-corrected chi connectivity index (χ4v) is 8.30. The third kappa shape index (κ3) is 9.38. The Bertz CT molecular complexity index is 1200. The maximum absolute atomic E-state index is 9.00. The summed E-state index contributed by atoms with van der Waals surface area (Å²) in [4.78, 5) is 17.9. The van der Waals surface area contributed by atoms with Gasteiger partial charge in [0.15, 0.2) is 0 Å². The standard InChI is InChI=1S/C29H30OP.2C2H4O2/c1-22-5-15-27(16-6-22)31(28-17-7-23(2)8-18-28,29-19-9-24(3)10-20-29)21-25-11-13-26(30-4)14-12-25;2*1-2(3)4/h5-20H,21H2,1-4H3;2*1H3,(H,3,4)/q+1;;/p-1. The maximum atomic E-state index is 9.00. The van der Waals surface area contributed by atoms with Crippen molar-refractivity contribution in [3.8, 4) is 5.75 Å². The number of aryl methyl sites for hydroxylation is 3. The number of rotatable bonds is 6. The van der Waals surface area contributed by atoms with Crippen LogP contribution in [0.5, 0.6) is 5.75 Å². The van der Waals surface area contributed by atoms with Gasteiger partial charge in [-0.3, -0.25) is 4.79 Å². The van der Waals surface area contributed by atoms with Crippen LogP contribution in [0.25, 0.3) is 0 Å². The number of benzene rings is 4. The van der Waals surface area contributed by atoms with Gasteiger partial charge in [-0.2, -0.15) is 0 Å². The molecule has 0 saturated heterocycles. The smallest absolute Gasteiger partial charge is 0.300 e. The van der Waals surface area contributed by atoms with Crippen LogP contribution in [0.3, 0.4) is 0 Å². The minimum Gasteiger partial charge on any atom is -0.550 e. The van der Waals surface area contributed by atoms with Gasteiger partial charge in [-0.1, -0.05) is 65.2 Å². The van der Waals surface area contributed by atoms with E-state index in [1.165, 1.54) is 38.2 Å². The van der Waals surface area contributed by atoms with Gasteiger partial charge in [0.05, 0.1) is 13.3 Å². The van der Waals surface area contributed by atoms with Gasteiger partial charge in [0.25, 0.3) is 5.97 Å². The number of hydrogen-bond acceptors (Lipinski definition) is 4. The van der Waals surface area contributed by atoms with E-state index < -0.39 is 19.2 Å². The highest BCUT2D eigenvalue weighted by molar-refractivity contribution is 7.95. The predicted molar refractivity (Wildman–Crippen MR) is 160 cm³/mol. The monoisotopic (exact) mass is 544 g/mol. The molecule has 4 aromatic rings. The average Bonchev–Trinajstić information content (AvgIpc) is 2.89. The third-order valence-electron chi connectivity index (χ3n) is 6.00. The van der Waals surface area contributed by atoms with Crippen LogP contribution in [0.4, 0.5) is 0 Å². The van der Waals surface area contributed by atoms with Gasteiger partial charge in [0.1, 0.15) is 28.9 Å². The summed E-state index contributed by atoms with van der Waals surface area (Å²) in [7, 11) is -0.180. The summed E-state index contributed by atoms with van der Waals surface area (Å²) in [6.45, 7) is 8.53. The van der Waals surface area contributed by atoms with Crippen LogP contribution < -0.4 is 25.8 Å². The van der Waals surface area contributed by atoms with Crippen molar-refractivity contribution in [1.29, 1.82) is 0 Å². The lowest BCUT2D eigenvalue weighted by molar-refractivity contribution is -0.302. The molecule has 1 N–H and O–H groups in total. The highest BCUT2D eigenvalue weighted by Crippen LogP contribution is 2.58. The molecule has 5 nitrogen and oxygen atoms in total. The Morgan fingerprint density at radius 1 is 0.667 bits per heavy atom.